The molecule has 0 aromatic carbocycles. The Morgan fingerprint density at radius 3 is 2.65 bits per heavy atom. The van der Waals surface area contributed by atoms with Crippen molar-refractivity contribution in [3.63, 3.8) is 0 Å². The zero-order chi connectivity index (χ0) is 13.1. The van der Waals surface area contributed by atoms with Crippen LogP contribution in [0.1, 0.15) is 20.3 Å². The zero-order valence-corrected chi connectivity index (χ0v) is 9.51. The Morgan fingerprint density at radius 2 is 2.29 bits per heavy atom. The van der Waals surface area contributed by atoms with E-state index in [0.717, 1.165) is 6.20 Å². The van der Waals surface area contributed by atoms with Gasteiger partial charge in [-0.25, -0.2) is 9.78 Å². The van der Waals surface area contributed by atoms with E-state index in [4.69, 9.17) is 5.11 Å². The number of pyridine rings is 1. The summed E-state index contributed by atoms with van der Waals surface area (Å²) in [6.07, 6.45) is 1.45. The number of nitro groups is 1. The van der Waals surface area contributed by atoms with Crippen LogP contribution in [0, 0.1) is 10.1 Å². The molecule has 7 heteroatoms. The number of anilines is 1. The average molecular weight is 239 g/mol. The maximum Gasteiger partial charge on any atom is 0.329 e. The van der Waals surface area contributed by atoms with Gasteiger partial charge in [0.15, 0.2) is 0 Å². The van der Waals surface area contributed by atoms with Crippen LogP contribution < -0.4 is 5.32 Å². The molecule has 0 aliphatic rings. The Hall–Kier alpha value is -2.18. The lowest BCUT2D eigenvalue weighted by Crippen LogP contribution is -2.42. The summed E-state index contributed by atoms with van der Waals surface area (Å²) in [7, 11) is 0. The standard InChI is InChI=1S/C10H13N3O4/c1-3-10(2,9(14)15)12-8-5-4-7(6-11-8)13(16)17/h4-6H,3H2,1-2H3,(H,11,12)(H,14,15). The molecule has 0 saturated heterocycles. The van der Waals surface area contributed by atoms with E-state index in [1.165, 1.54) is 19.1 Å². The van der Waals surface area contributed by atoms with E-state index >= 15 is 0 Å². The summed E-state index contributed by atoms with van der Waals surface area (Å²) in [6, 6.07) is 2.66. The average Bonchev–Trinajstić information content (AvgIpc) is 2.29. The molecule has 1 unspecified atom stereocenters. The summed E-state index contributed by atoms with van der Waals surface area (Å²) >= 11 is 0. The maximum atomic E-state index is 11.0. The number of carbonyl (C=O) groups is 1. The second-order valence-corrected chi connectivity index (χ2v) is 3.77. The highest BCUT2D eigenvalue weighted by atomic mass is 16.6. The molecule has 0 saturated carbocycles. The van der Waals surface area contributed by atoms with Gasteiger partial charge in [0.2, 0.25) is 0 Å². The minimum absolute atomic E-state index is 0.135. The molecule has 0 aliphatic heterocycles. The van der Waals surface area contributed by atoms with Gasteiger partial charge in [0.1, 0.15) is 17.6 Å². The van der Waals surface area contributed by atoms with Gasteiger partial charge in [-0.05, 0) is 19.4 Å². The lowest BCUT2D eigenvalue weighted by atomic mass is 9.99. The number of hydrogen-bond acceptors (Lipinski definition) is 5. The molecule has 1 atom stereocenters. The Morgan fingerprint density at radius 1 is 1.65 bits per heavy atom. The molecule has 92 valence electrons. The fourth-order valence-electron chi connectivity index (χ4n) is 1.14. The minimum Gasteiger partial charge on any atom is -0.480 e. The van der Waals surface area contributed by atoms with Gasteiger partial charge in [0.25, 0.3) is 5.69 Å². The smallest absolute Gasteiger partial charge is 0.329 e. The third-order valence-corrected chi connectivity index (χ3v) is 2.54. The summed E-state index contributed by atoms with van der Waals surface area (Å²) in [4.78, 5) is 24.7. The van der Waals surface area contributed by atoms with Crippen molar-refractivity contribution in [3.8, 4) is 0 Å². The molecule has 1 aromatic heterocycles. The lowest BCUT2D eigenvalue weighted by Gasteiger charge is -2.24. The number of nitrogens with zero attached hydrogens (tertiary/aromatic N) is 2. The Labute approximate surface area is 97.6 Å². The predicted molar refractivity (Wildman–Crippen MR) is 60.8 cm³/mol. The minimum atomic E-state index is -1.14. The van der Waals surface area contributed by atoms with Crippen molar-refractivity contribution in [2.24, 2.45) is 0 Å². The molecule has 1 rings (SSSR count). The lowest BCUT2D eigenvalue weighted by molar-refractivity contribution is -0.385. The fourth-order valence-corrected chi connectivity index (χ4v) is 1.14. The molecule has 7 nitrogen and oxygen atoms in total. The first-order chi connectivity index (χ1) is 7.89. The van der Waals surface area contributed by atoms with Gasteiger partial charge in [-0.2, -0.15) is 0 Å². The maximum absolute atomic E-state index is 11.0. The first kappa shape index (κ1) is 12.9. The molecule has 17 heavy (non-hydrogen) atoms. The first-order valence-electron chi connectivity index (χ1n) is 5.01. The molecule has 0 aliphatic carbocycles. The summed E-state index contributed by atoms with van der Waals surface area (Å²) in [5.41, 5.74) is -1.27. The number of aromatic nitrogens is 1. The Balaban J connectivity index is 2.88. The second-order valence-electron chi connectivity index (χ2n) is 3.77. The number of carboxylic acids is 1. The van der Waals surface area contributed by atoms with Crippen LogP contribution in [0.3, 0.4) is 0 Å². The second kappa shape index (κ2) is 4.77. The molecule has 0 amide bonds. The van der Waals surface area contributed by atoms with Crippen LogP contribution in [0.25, 0.3) is 0 Å². The Kier molecular flexibility index (Phi) is 3.62. The highest BCUT2D eigenvalue weighted by Crippen LogP contribution is 2.19. The summed E-state index contributed by atoms with van der Waals surface area (Å²) in [5, 5.41) is 22.2. The van der Waals surface area contributed by atoms with Gasteiger partial charge in [0, 0.05) is 6.07 Å². The monoisotopic (exact) mass is 239 g/mol. The van der Waals surface area contributed by atoms with Crippen molar-refractivity contribution in [1.29, 1.82) is 0 Å². The van der Waals surface area contributed by atoms with Crippen LogP contribution in [0.4, 0.5) is 11.5 Å². The first-order valence-corrected chi connectivity index (χ1v) is 5.01. The van der Waals surface area contributed by atoms with Crippen molar-refractivity contribution in [3.05, 3.63) is 28.4 Å². The van der Waals surface area contributed by atoms with Crippen molar-refractivity contribution in [2.75, 3.05) is 5.32 Å². The fraction of sp³-hybridized carbons (Fsp3) is 0.400. The van der Waals surface area contributed by atoms with Crippen molar-refractivity contribution < 1.29 is 14.8 Å². The van der Waals surface area contributed by atoms with E-state index in [9.17, 15) is 14.9 Å². The largest absolute Gasteiger partial charge is 0.480 e. The van der Waals surface area contributed by atoms with Crippen LogP contribution >= 0.6 is 0 Å². The molecule has 0 radical (unpaired) electrons. The van der Waals surface area contributed by atoms with E-state index in [1.54, 1.807) is 6.92 Å². The number of rotatable bonds is 5. The van der Waals surface area contributed by atoms with Gasteiger partial charge in [-0.1, -0.05) is 6.92 Å². The van der Waals surface area contributed by atoms with Gasteiger partial charge in [-0.15, -0.1) is 0 Å². The van der Waals surface area contributed by atoms with Crippen molar-refractivity contribution >= 4 is 17.5 Å². The molecule has 1 aromatic rings. The van der Waals surface area contributed by atoms with E-state index < -0.39 is 16.4 Å². The highest BCUT2D eigenvalue weighted by Gasteiger charge is 2.31. The number of carboxylic acid groups (broad SMARTS) is 1. The van der Waals surface area contributed by atoms with Gasteiger partial charge < -0.3 is 10.4 Å². The van der Waals surface area contributed by atoms with Crippen molar-refractivity contribution in [1.82, 2.24) is 4.98 Å². The molecule has 2 N–H and O–H groups in total. The summed E-state index contributed by atoms with van der Waals surface area (Å²) in [5.74, 6) is -0.706. The molecule has 0 spiro atoms. The number of nitrogens with one attached hydrogen (secondary N) is 1. The molecular weight excluding hydrogens is 226 g/mol. The summed E-state index contributed by atoms with van der Waals surface area (Å²) < 4.78 is 0. The van der Waals surface area contributed by atoms with E-state index in [1.807, 2.05) is 0 Å². The number of hydrogen-bond donors (Lipinski definition) is 2. The van der Waals surface area contributed by atoms with Gasteiger partial charge in [0.05, 0.1) is 4.92 Å². The van der Waals surface area contributed by atoms with Gasteiger partial charge >= 0.3 is 5.97 Å². The SMILES string of the molecule is CCC(C)(Nc1ccc([N+](=O)[O-])cn1)C(=O)O. The van der Waals surface area contributed by atoms with E-state index in [0.29, 0.717) is 12.2 Å². The quantitative estimate of drug-likeness (QED) is 0.597. The van der Waals surface area contributed by atoms with E-state index in [-0.39, 0.29) is 5.69 Å². The topological polar surface area (TPSA) is 105 Å². The van der Waals surface area contributed by atoms with Crippen LogP contribution in [0.2, 0.25) is 0 Å². The zero-order valence-electron chi connectivity index (χ0n) is 9.51. The normalized spacial score (nSPS) is 13.8. The van der Waals surface area contributed by atoms with Crippen LogP contribution in [0.15, 0.2) is 18.3 Å². The third kappa shape index (κ3) is 2.90. The number of aliphatic carboxylic acids is 1. The van der Waals surface area contributed by atoms with Crippen LogP contribution in [-0.4, -0.2) is 26.5 Å². The molecule has 0 bridgehead atoms. The predicted octanol–water partition coefficient (Wildman–Crippen LogP) is 1.65. The molecular formula is C10H13N3O4. The Bertz CT molecular complexity index is 432. The van der Waals surface area contributed by atoms with E-state index in [2.05, 4.69) is 10.3 Å². The van der Waals surface area contributed by atoms with Crippen LogP contribution in [-0.2, 0) is 4.79 Å². The third-order valence-electron chi connectivity index (χ3n) is 2.54. The highest BCUT2D eigenvalue weighted by molar-refractivity contribution is 5.81. The summed E-state index contributed by atoms with van der Waals surface area (Å²) in [6.45, 7) is 3.25. The molecule has 1 heterocycles. The molecule has 0 fully saturated rings. The van der Waals surface area contributed by atoms with Gasteiger partial charge in [-0.3, -0.25) is 10.1 Å². The van der Waals surface area contributed by atoms with Crippen LogP contribution in [0.5, 0.6) is 0 Å². The van der Waals surface area contributed by atoms with Crippen molar-refractivity contribution in [2.45, 2.75) is 25.8 Å².